The number of aryl methyl sites for hydroxylation is 1. The zero-order valence-corrected chi connectivity index (χ0v) is 30.4. The summed E-state index contributed by atoms with van der Waals surface area (Å²) in [6.45, 7) is 4.57. The van der Waals surface area contributed by atoms with E-state index >= 15 is 0 Å². The monoisotopic (exact) mass is 790 g/mol. The van der Waals surface area contributed by atoms with Gasteiger partial charge in [0.1, 0.15) is 0 Å². The minimum absolute atomic E-state index is 0.0257. The first-order chi connectivity index (χ1) is 26.7. The molecule has 57 heavy (non-hydrogen) atoms. The van der Waals surface area contributed by atoms with Crippen LogP contribution in [0.2, 0.25) is 0 Å². The summed E-state index contributed by atoms with van der Waals surface area (Å²) in [7, 11) is 1.16. The Morgan fingerprint density at radius 2 is 1.00 bits per heavy atom. The number of nitrogens with one attached hydrogen (secondary N) is 4. The summed E-state index contributed by atoms with van der Waals surface area (Å²) in [6.07, 6.45) is -4.47. The second kappa shape index (κ2) is 17.0. The van der Waals surface area contributed by atoms with Crippen LogP contribution in [0.15, 0.2) is 60.7 Å². The van der Waals surface area contributed by atoms with Crippen molar-refractivity contribution in [3.63, 3.8) is 0 Å². The molecule has 0 fully saturated rings. The number of carboxylic acids is 3. The number of halogens is 3. The largest absolute Gasteiger partial charge is 0.478 e. The number of amides is 4. The van der Waals surface area contributed by atoms with E-state index in [0.717, 1.165) is 38.2 Å². The summed E-state index contributed by atoms with van der Waals surface area (Å²) in [5.41, 5.74) is -6.15. The van der Waals surface area contributed by atoms with Crippen molar-refractivity contribution in [1.82, 2.24) is 10.6 Å². The number of hydrogen-bond acceptors (Lipinski definition) is 8. The summed E-state index contributed by atoms with van der Waals surface area (Å²) in [5.74, 6) is -9.56. The molecule has 4 aromatic rings. The van der Waals surface area contributed by atoms with E-state index in [1.807, 2.05) is 0 Å². The molecule has 0 spiro atoms. The molecule has 15 nitrogen and oxygen atoms in total. The normalized spacial score (nSPS) is 10.9. The predicted octanol–water partition coefficient (Wildman–Crippen LogP) is 5.98. The van der Waals surface area contributed by atoms with Crippen LogP contribution < -0.4 is 21.3 Å². The standard InChI is InChI=1S/C39H33F3N4O11/c1-5-10-44-33(49)24-14-26(28(36(52)53)13-23(24)18(3)47)34(50)45-19-6-8-21(17(2)11-19)22-9-7-20(12-31(22)39(40,41)42)46-35(51)27-15-25(32(48)43-4)29(37(54)55)16-30(27)38(56)57/h6-9,11-16H,5,10H2,1-4H3,(H,43,48)(H,44,49)(H,45,50)(H,46,51)(H,52,53)(H,54,55)(H,56,57). The van der Waals surface area contributed by atoms with Crippen molar-refractivity contribution in [2.75, 3.05) is 24.2 Å². The maximum Gasteiger partial charge on any atom is 0.417 e. The zero-order chi connectivity index (χ0) is 42.5. The fraction of sp³-hybridized carbons (Fsp3) is 0.179. The van der Waals surface area contributed by atoms with Crippen LogP contribution in [0.1, 0.15) is 114 Å². The minimum atomic E-state index is -5.02. The Hall–Kier alpha value is -7.37. The SMILES string of the molecule is CCCNC(=O)c1cc(C(=O)Nc2ccc(-c3ccc(NC(=O)c4cc(C(=O)NC)c(C(=O)O)cc4C(=O)O)cc3C(F)(F)F)c(C)c2)c(C(=O)O)cc1C(C)=O. The molecular formula is C39H33F3N4O11. The molecule has 4 amide bonds. The van der Waals surface area contributed by atoms with Gasteiger partial charge in [-0.2, -0.15) is 13.2 Å². The molecule has 0 aliphatic carbocycles. The topological polar surface area (TPSA) is 245 Å². The lowest BCUT2D eigenvalue weighted by molar-refractivity contribution is -0.137. The highest BCUT2D eigenvalue weighted by Crippen LogP contribution is 2.40. The fourth-order valence-electron chi connectivity index (χ4n) is 5.77. The van der Waals surface area contributed by atoms with Crippen LogP contribution in [0.4, 0.5) is 24.5 Å². The van der Waals surface area contributed by atoms with Crippen LogP contribution >= 0.6 is 0 Å². The third-order valence-corrected chi connectivity index (χ3v) is 8.48. The van der Waals surface area contributed by atoms with Crippen molar-refractivity contribution in [2.24, 2.45) is 0 Å². The van der Waals surface area contributed by atoms with Crippen molar-refractivity contribution >= 4 is 58.7 Å². The van der Waals surface area contributed by atoms with Gasteiger partial charge >= 0.3 is 24.1 Å². The third kappa shape index (κ3) is 9.30. The molecule has 0 heterocycles. The lowest BCUT2D eigenvalue weighted by Gasteiger charge is -2.18. The number of carboxylic acid groups (broad SMARTS) is 3. The minimum Gasteiger partial charge on any atom is -0.478 e. The van der Waals surface area contributed by atoms with E-state index in [0.29, 0.717) is 24.6 Å². The molecule has 296 valence electrons. The van der Waals surface area contributed by atoms with Gasteiger partial charge in [-0.1, -0.05) is 19.1 Å². The Morgan fingerprint density at radius 1 is 0.579 bits per heavy atom. The van der Waals surface area contributed by atoms with Gasteiger partial charge in [0.15, 0.2) is 5.78 Å². The Bertz CT molecular complexity index is 2390. The Labute approximate surface area is 320 Å². The van der Waals surface area contributed by atoms with Crippen molar-refractivity contribution < 1.29 is 66.8 Å². The highest BCUT2D eigenvalue weighted by Gasteiger charge is 2.35. The lowest BCUT2D eigenvalue weighted by Crippen LogP contribution is -2.27. The number of benzene rings is 4. The molecule has 0 unspecified atom stereocenters. The number of hydrogen-bond donors (Lipinski definition) is 7. The van der Waals surface area contributed by atoms with Gasteiger partial charge in [0.05, 0.1) is 44.5 Å². The van der Waals surface area contributed by atoms with Crippen molar-refractivity contribution in [3.8, 4) is 11.1 Å². The molecular weight excluding hydrogens is 757 g/mol. The van der Waals surface area contributed by atoms with E-state index in [9.17, 15) is 66.8 Å². The average Bonchev–Trinajstić information content (AvgIpc) is 3.15. The quantitative estimate of drug-likeness (QED) is 0.0777. The summed E-state index contributed by atoms with van der Waals surface area (Å²) >= 11 is 0. The Balaban J connectivity index is 1.70. The summed E-state index contributed by atoms with van der Waals surface area (Å²) in [5, 5.41) is 38.3. The van der Waals surface area contributed by atoms with Crippen molar-refractivity contribution in [3.05, 3.63) is 116 Å². The second-order valence-electron chi connectivity index (χ2n) is 12.4. The molecule has 4 rings (SSSR count). The number of carbonyl (C=O) groups excluding carboxylic acids is 5. The number of ketones is 1. The average molecular weight is 791 g/mol. The van der Waals surface area contributed by atoms with E-state index < -0.39 is 98.1 Å². The van der Waals surface area contributed by atoms with E-state index in [2.05, 4.69) is 21.3 Å². The van der Waals surface area contributed by atoms with Crippen LogP contribution in [0.3, 0.4) is 0 Å². The van der Waals surface area contributed by atoms with Gasteiger partial charge in [0, 0.05) is 30.5 Å². The van der Waals surface area contributed by atoms with Gasteiger partial charge in [0.25, 0.3) is 23.6 Å². The maximum absolute atomic E-state index is 14.5. The number of Topliss-reactive ketones (excluding diaryl/α,β-unsaturated/α-hetero) is 1. The van der Waals surface area contributed by atoms with Crippen molar-refractivity contribution in [2.45, 2.75) is 33.4 Å². The molecule has 0 radical (unpaired) electrons. The first-order valence-corrected chi connectivity index (χ1v) is 16.7. The maximum atomic E-state index is 14.5. The molecule has 0 aromatic heterocycles. The number of anilines is 2. The first-order valence-electron chi connectivity index (χ1n) is 16.7. The lowest BCUT2D eigenvalue weighted by atomic mass is 9.94. The molecule has 0 bridgehead atoms. The van der Waals surface area contributed by atoms with E-state index in [1.54, 1.807) is 6.92 Å². The summed E-state index contributed by atoms with van der Waals surface area (Å²) in [4.78, 5) is 99.8. The second-order valence-corrected chi connectivity index (χ2v) is 12.4. The number of aromatic carboxylic acids is 3. The predicted molar refractivity (Wildman–Crippen MR) is 197 cm³/mol. The highest BCUT2D eigenvalue weighted by atomic mass is 19.4. The van der Waals surface area contributed by atoms with Crippen LogP contribution in [0.5, 0.6) is 0 Å². The molecule has 7 N–H and O–H groups in total. The number of alkyl halides is 3. The highest BCUT2D eigenvalue weighted by molar-refractivity contribution is 6.16. The van der Waals surface area contributed by atoms with Crippen LogP contribution in [0.25, 0.3) is 11.1 Å². The molecule has 0 saturated carbocycles. The number of rotatable bonds is 13. The van der Waals surface area contributed by atoms with Crippen molar-refractivity contribution in [1.29, 1.82) is 0 Å². The van der Waals surface area contributed by atoms with E-state index in [4.69, 9.17) is 0 Å². The van der Waals surface area contributed by atoms with E-state index in [-0.39, 0.29) is 40.0 Å². The first kappa shape index (κ1) is 42.4. The van der Waals surface area contributed by atoms with Crippen LogP contribution in [-0.2, 0) is 6.18 Å². The van der Waals surface area contributed by atoms with Gasteiger partial charge in [0.2, 0.25) is 0 Å². The van der Waals surface area contributed by atoms with Gasteiger partial charge in [-0.05, 0) is 85.5 Å². The zero-order valence-electron chi connectivity index (χ0n) is 30.4. The van der Waals surface area contributed by atoms with Crippen LogP contribution in [-0.4, -0.2) is 76.2 Å². The summed E-state index contributed by atoms with van der Waals surface area (Å²) in [6, 6.07) is 9.69. The van der Waals surface area contributed by atoms with Gasteiger partial charge < -0.3 is 36.6 Å². The smallest absolute Gasteiger partial charge is 0.417 e. The molecule has 4 aromatic carbocycles. The number of carbonyl (C=O) groups is 8. The Kier molecular flexibility index (Phi) is 12.6. The Morgan fingerprint density at radius 3 is 1.42 bits per heavy atom. The van der Waals surface area contributed by atoms with E-state index in [1.165, 1.54) is 25.1 Å². The third-order valence-electron chi connectivity index (χ3n) is 8.48. The molecule has 0 atom stereocenters. The van der Waals surface area contributed by atoms with Crippen LogP contribution in [0, 0.1) is 6.92 Å². The van der Waals surface area contributed by atoms with Gasteiger partial charge in [-0.25, -0.2) is 14.4 Å². The summed E-state index contributed by atoms with van der Waals surface area (Å²) < 4.78 is 43.5. The molecule has 18 heteroatoms. The van der Waals surface area contributed by atoms with Gasteiger partial charge in [-0.3, -0.25) is 24.0 Å². The van der Waals surface area contributed by atoms with Gasteiger partial charge in [-0.15, -0.1) is 0 Å². The fourth-order valence-corrected chi connectivity index (χ4v) is 5.77. The molecule has 0 aliphatic heterocycles. The molecule has 0 aliphatic rings. The molecule has 0 saturated heterocycles.